The highest BCUT2D eigenvalue weighted by atomic mass is 19.1. The van der Waals surface area contributed by atoms with Crippen molar-refractivity contribution in [3.05, 3.63) is 35.1 Å². The number of carboxylic acids is 1. The molecule has 0 aliphatic carbocycles. The van der Waals surface area contributed by atoms with Gasteiger partial charge in [0.2, 0.25) is 0 Å². The van der Waals surface area contributed by atoms with Gasteiger partial charge in [-0.15, -0.1) is 0 Å². The van der Waals surface area contributed by atoms with E-state index in [-0.39, 0.29) is 25.3 Å². The van der Waals surface area contributed by atoms with Crippen LogP contribution in [0.5, 0.6) is 0 Å². The van der Waals surface area contributed by atoms with Crippen LogP contribution in [0.3, 0.4) is 0 Å². The van der Waals surface area contributed by atoms with Crippen molar-refractivity contribution >= 4 is 5.97 Å². The number of hydrogen-bond donors (Lipinski definition) is 4. The number of aromatic carboxylic acids is 1. The van der Waals surface area contributed by atoms with Crippen LogP contribution >= 0.6 is 0 Å². The van der Waals surface area contributed by atoms with Gasteiger partial charge in [-0.3, -0.25) is 0 Å². The Morgan fingerprint density at radius 2 is 2.00 bits per heavy atom. The summed E-state index contributed by atoms with van der Waals surface area (Å²) in [4.78, 5) is 10.7. The van der Waals surface area contributed by atoms with Crippen LogP contribution in [0.25, 0.3) is 0 Å². The van der Waals surface area contributed by atoms with Crippen LogP contribution in [0.1, 0.15) is 29.3 Å². The summed E-state index contributed by atoms with van der Waals surface area (Å²) < 4.78 is 13.5. The standard InChI is InChI=1S/C13H18FNO4/c1-2-13(7-16,8-17)15-6-9-3-4-10(12(18)19)11(14)5-9/h3-5,15-17H,2,6-8H2,1H3,(H,18,19). The number of aliphatic hydroxyl groups excluding tert-OH is 2. The zero-order chi connectivity index (χ0) is 14.5. The third kappa shape index (κ3) is 3.73. The van der Waals surface area contributed by atoms with E-state index in [0.29, 0.717) is 12.0 Å². The Hall–Kier alpha value is -1.50. The van der Waals surface area contributed by atoms with Crippen LogP contribution in [-0.2, 0) is 6.54 Å². The number of rotatable bonds is 7. The maximum atomic E-state index is 13.5. The van der Waals surface area contributed by atoms with E-state index in [4.69, 9.17) is 5.11 Å². The quantitative estimate of drug-likeness (QED) is 0.587. The molecule has 19 heavy (non-hydrogen) atoms. The van der Waals surface area contributed by atoms with Crippen LogP contribution < -0.4 is 5.32 Å². The van der Waals surface area contributed by atoms with Crippen molar-refractivity contribution in [1.29, 1.82) is 0 Å². The number of hydrogen-bond acceptors (Lipinski definition) is 4. The molecule has 6 heteroatoms. The largest absolute Gasteiger partial charge is 0.478 e. The van der Waals surface area contributed by atoms with Crippen LogP contribution in [-0.4, -0.2) is 40.0 Å². The molecule has 0 amide bonds. The molecule has 0 bridgehead atoms. The van der Waals surface area contributed by atoms with E-state index in [1.807, 2.05) is 6.92 Å². The summed E-state index contributed by atoms with van der Waals surface area (Å²) in [7, 11) is 0. The van der Waals surface area contributed by atoms with Crippen LogP contribution in [0.15, 0.2) is 18.2 Å². The molecule has 0 aliphatic heterocycles. The van der Waals surface area contributed by atoms with Crippen LogP contribution in [0.4, 0.5) is 4.39 Å². The molecule has 0 saturated heterocycles. The highest BCUT2D eigenvalue weighted by molar-refractivity contribution is 5.87. The lowest BCUT2D eigenvalue weighted by molar-refractivity contribution is 0.0692. The van der Waals surface area contributed by atoms with E-state index < -0.39 is 17.3 Å². The lowest BCUT2D eigenvalue weighted by Crippen LogP contribution is -2.50. The Morgan fingerprint density at radius 1 is 1.37 bits per heavy atom. The predicted molar refractivity (Wildman–Crippen MR) is 67.4 cm³/mol. The number of carbonyl (C=O) groups is 1. The number of nitrogens with one attached hydrogen (secondary N) is 1. The molecule has 0 radical (unpaired) electrons. The van der Waals surface area contributed by atoms with Crippen LogP contribution in [0.2, 0.25) is 0 Å². The monoisotopic (exact) mass is 271 g/mol. The number of aliphatic hydroxyl groups is 2. The summed E-state index contributed by atoms with van der Waals surface area (Å²) in [5.74, 6) is -2.12. The molecular formula is C13H18FNO4. The van der Waals surface area contributed by atoms with E-state index in [9.17, 15) is 19.4 Å². The maximum absolute atomic E-state index is 13.5. The van der Waals surface area contributed by atoms with Gasteiger partial charge < -0.3 is 20.6 Å². The Morgan fingerprint density at radius 3 is 2.42 bits per heavy atom. The van der Waals surface area contributed by atoms with Gasteiger partial charge in [-0.2, -0.15) is 0 Å². The number of benzene rings is 1. The van der Waals surface area contributed by atoms with E-state index in [2.05, 4.69) is 5.32 Å². The van der Waals surface area contributed by atoms with Crippen molar-refractivity contribution in [1.82, 2.24) is 5.32 Å². The molecule has 4 N–H and O–H groups in total. The van der Waals surface area contributed by atoms with Gasteiger partial charge in [0.1, 0.15) is 5.82 Å². The molecule has 5 nitrogen and oxygen atoms in total. The fourth-order valence-corrected chi connectivity index (χ4v) is 1.64. The molecule has 0 fully saturated rings. The Labute approximate surface area is 110 Å². The van der Waals surface area contributed by atoms with Gasteiger partial charge in [-0.05, 0) is 24.1 Å². The van der Waals surface area contributed by atoms with E-state index in [0.717, 1.165) is 6.07 Å². The van der Waals surface area contributed by atoms with E-state index in [1.54, 1.807) is 0 Å². The Kier molecular flexibility index (Phi) is 5.41. The van der Waals surface area contributed by atoms with Crippen molar-refractivity contribution in [2.24, 2.45) is 0 Å². The molecule has 1 rings (SSSR count). The molecule has 0 heterocycles. The van der Waals surface area contributed by atoms with E-state index >= 15 is 0 Å². The molecule has 0 aliphatic rings. The highest BCUT2D eigenvalue weighted by Crippen LogP contribution is 2.13. The lowest BCUT2D eigenvalue weighted by Gasteiger charge is -2.30. The summed E-state index contributed by atoms with van der Waals surface area (Å²) in [6, 6.07) is 3.82. The topological polar surface area (TPSA) is 89.8 Å². The zero-order valence-corrected chi connectivity index (χ0v) is 10.7. The summed E-state index contributed by atoms with van der Waals surface area (Å²) in [6.45, 7) is 1.56. The third-order valence-electron chi connectivity index (χ3n) is 3.21. The molecule has 1 aromatic carbocycles. The van der Waals surface area contributed by atoms with Gasteiger partial charge >= 0.3 is 5.97 Å². The van der Waals surface area contributed by atoms with Gasteiger partial charge in [0.25, 0.3) is 0 Å². The van der Waals surface area contributed by atoms with Gasteiger partial charge in [-0.1, -0.05) is 13.0 Å². The normalized spacial score (nSPS) is 11.6. The van der Waals surface area contributed by atoms with Gasteiger partial charge in [-0.25, -0.2) is 9.18 Å². The third-order valence-corrected chi connectivity index (χ3v) is 3.21. The second-order valence-corrected chi connectivity index (χ2v) is 4.42. The van der Waals surface area contributed by atoms with Crippen molar-refractivity contribution in [2.45, 2.75) is 25.4 Å². The molecule has 0 saturated carbocycles. The molecule has 106 valence electrons. The van der Waals surface area contributed by atoms with E-state index in [1.165, 1.54) is 12.1 Å². The summed E-state index contributed by atoms with van der Waals surface area (Å²) in [6.07, 6.45) is 0.510. The molecule has 0 atom stereocenters. The smallest absolute Gasteiger partial charge is 0.338 e. The summed E-state index contributed by atoms with van der Waals surface area (Å²) >= 11 is 0. The minimum Gasteiger partial charge on any atom is -0.478 e. The average Bonchev–Trinajstić information content (AvgIpc) is 2.40. The Bertz CT molecular complexity index is 438. The Balaban J connectivity index is 2.78. The van der Waals surface area contributed by atoms with Crippen molar-refractivity contribution < 1.29 is 24.5 Å². The molecule has 0 unspecified atom stereocenters. The first kappa shape index (κ1) is 15.6. The maximum Gasteiger partial charge on any atom is 0.338 e. The first-order valence-electron chi connectivity index (χ1n) is 5.96. The van der Waals surface area contributed by atoms with Crippen molar-refractivity contribution in [3.63, 3.8) is 0 Å². The highest BCUT2D eigenvalue weighted by Gasteiger charge is 2.25. The number of carboxylic acid groups (broad SMARTS) is 1. The first-order chi connectivity index (χ1) is 8.98. The molecule has 1 aromatic rings. The minimum absolute atomic E-state index is 0.228. The fourth-order valence-electron chi connectivity index (χ4n) is 1.64. The molecule has 0 aromatic heterocycles. The second-order valence-electron chi connectivity index (χ2n) is 4.42. The minimum atomic E-state index is -1.31. The van der Waals surface area contributed by atoms with Gasteiger partial charge in [0.15, 0.2) is 0 Å². The van der Waals surface area contributed by atoms with Crippen LogP contribution in [0, 0.1) is 5.82 Å². The van der Waals surface area contributed by atoms with Gasteiger partial charge in [0.05, 0.1) is 24.3 Å². The van der Waals surface area contributed by atoms with Crippen molar-refractivity contribution in [2.75, 3.05) is 13.2 Å². The SMILES string of the molecule is CCC(CO)(CO)NCc1ccc(C(=O)O)c(F)c1. The zero-order valence-electron chi connectivity index (χ0n) is 10.7. The fraction of sp³-hybridized carbons (Fsp3) is 0.462. The summed E-state index contributed by atoms with van der Waals surface area (Å²) in [5.41, 5.74) is -0.654. The van der Waals surface area contributed by atoms with Crippen molar-refractivity contribution in [3.8, 4) is 0 Å². The summed E-state index contributed by atoms with van der Waals surface area (Å²) in [5, 5.41) is 30.2. The number of halogens is 1. The predicted octanol–water partition coefficient (Wildman–Crippen LogP) is 0.747. The lowest BCUT2D eigenvalue weighted by atomic mass is 9.98. The second kappa shape index (κ2) is 6.60. The molecule has 0 spiro atoms. The first-order valence-corrected chi connectivity index (χ1v) is 5.96. The van der Waals surface area contributed by atoms with Gasteiger partial charge in [0, 0.05) is 6.54 Å². The molecular weight excluding hydrogens is 253 g/mol. The average molecular weight is 271 g/mol.